The molecule has 0 aliphatic carbocycles. The van der Waals surface area contributed by atoms with E-state index in [1.165, 1.54) is 17.4 Å². The Balaban J connectivity index is 2.33. The molecule has 2 rings (SSSR count). The molecule has 0 aliphatic rings. The van der Waals surface area contributed by atoms with E-state index in [-0.39, 0.29) is 17.8 Å². The van der Waals surface area contributed by atoms with E-state index < -0.39 is 0 Å². The normalized spacial score (nSPS) is 12.6. The van der Waals surface area contributed by atoms with Crippen LogP contribution in [0.4, 0.5) is 4.39 Å². The highest BCUT2D eigenvalue weighted by Gasteiger charge is 2.18. The number of carbonyl (C=O) groups is 1. The van der Waals surface area contributed by atoms with Crippen LogP contribution in [0.2, 0.25) is 0 Å². The van der Waals surface area contributed by atoms with Crippen LogP contribution in [0.3, 0.4) is 0 Å². The third-order valence-electron chi connectivity index (χ3n) is 3.21. The standard InChI is InChI=1S/C15H18FNOS/c1-4-6-9(2)17-15(18)14-10(3)13-11(16)7-5-8-12(13)19-14/h5,7-9H,4,6H2,1-3H3,(H,17,18). The molecular formula is C15H18FNOS. The van der Waals surface area contributed by atoms with Crippen molar-refractivity contribution in [3.8, 4) is 0 Å². The third kappa shape index (κ3) is 2.78. The Morgan fingerprint density at radius 1 is 1.47 bits per heavy atom. The first-order valence-electron chi connectivity index (χ1n) is 6.53. The molecule has 0 bridgehead atoms. The predicted octanol–water partition coefficient (Wildman–Crippen LogP) is 4.27. The number of carbonyl (C=O) groups excluding carboxylic acids is 1. The summed E-state index contributed by atoms with van der Waals surface area (Å²) in [6.45, 7) is 5.88. The molecule has 1 aromatic carbocycles. The Morgan fingerprint density at radius 2 is 2.21 bits per heavy atom. The molecule has 1 amide bonds. The van der Waals surface area contributed by atoms with Gasteiger partial charge >= 0.3 is 0 Å². The highest BCUT2D eigenvalue weighted by molar-refractivity contribution is 7.21. The molecule has 0 saturated carbocycles. The molecule has 0 aliphatic heterocycles. The van der Waals surface area contributed by atoms with E-state index in [4.69, 9.17) is 0 Å². The second-order valence-corrected chi connectivity index (χ2v) is 5.88. The minimum atomic E-state index is -0.257. The largest absolute Gasteiger partial charge is 0.349 e. The van der Waals surface area contributed by atoms with Crippen LogP contribution in [0.25, 0.3) is 10.1 Å². The molecule has 1 aromatic heterocycles. The van der Waals surface area contributed by atoms with E-state index in [9.17, 15) is 9.18 Å². The van der Waals surface area contributed by atoms with E-state index in [1.807, 2.05) is 13.0 Å². The Morgan fingerprint density at radius 3 is 2.84 bits per heavy atom. The Kier molecular flexibility index (Phi) is 4.20. The van der Waals surface area contributed by atoms with Gasteiger partial charge in [-0.05, 0) is 38.0 Å². The lowest BCUT2D eigenvalue weighted by Crippen LogP contribution is -2.32. The molecule has 0 fully saturated rings. The van der Waals surface area contributed by atoms with Crippen molar-refractivity contribution in [3.63, 3.8) is 0 Å². The van der Waals surface area contributed by atoms with Crippen LogP contribution >= 0.6 is 11.3 Å². The first kappa shape index (κ1) is 14.0. The van der Waals surface area contributed by atoms with Crippen LogP contribution in [0.15, 0.2) is 18.2 Å². The summed E-state index contributed by atoms with van der Waals surface area (Å²) < 4.78 is 14.6. The van der Waals surface area contributed by atoms with Crippen LogP contribution in [0.1, 0.15) is 41.9 Å². The predicted molar refractivity (Wildman–Crippen MR) is 78.4 cm³/mol. The zero-order chi connectivity index (χ0) is 14.0. The van der Waals surface area contributed by atoms with Gasteiger partial charge in [0.25, 0.3) is 5.91 Å². The highest BCUT2D eigenvalue weighted by Crippen LogP contribution is 2.32. The number of thiophene rings is 1. The van der Waals surface area contributed by atoms with Gasteiger partial charge in [0, 0.05) is 16.1 Å². The molecule has 0 radical (unpaired) electrons. The van der Waals surface area contributed by atoms with Gasteiger partial charge in [0.1, 0.15) is 5.82 Å². The van der Waals surface area contributed by atoms with Crippen LogP contribution in [-0.4, -0.2) is 11.9 Å². The van der Waals surface area contributed by atoms with Crippen LogP contribution in [0.5, 0.6) is 0 Å². The zero-order valence-electron chi connectivity index (χ0n) is 11.4. The molecule has 1 unspecified atom stereocenters. The molecular weight excluding hydrogens is 261 g/mol. The fourth-order valence-corrected chi connectivity index (χ4v) is 3.39. The van der Waals surface area contributed by atoms with Crippen molar-refractivity contribution in [2.24, 2.45) is 0 Å². The number of fused-ring (bicyclic) bond motifs is 1. The number of halogens is 1. The summed E-state index contributed by atoms with van der Waals surface area (Å²) in [5.74, 6) is -0.356. The van der Waals surface area contributed by atoms with Crippen LogP contribution in [-0.2, 0) is 0 Å². The van der Waals surface area contributed by atoms with Crippen molar-refractivity contribution in [2.45, 2.75) is 39.7 Å². The second kappa shape index (κ2) is 5.70. The number of hydrogen-bond acceptors (Lipinski definition) is 2. The molecule has 1 heterocycles. The molecule has 102 valence electrons. The van der Waals surface area contributed by atoms with Crippen LogP contribution in [0, 0.1) is 12.7 Å². The minimum Gasteiger partial charge on any atom is -0.349 e. The molecule has 0 saturated heterocycles. The maximum atomic E-state index is 13.8. The van der Waals surface area contributed by atoms with E-state index in [1.54, 1.807) is 13.0 Å². The summed E-state index contributed by atoms with van der Waals surface area (Å²) in [6.07, 6.45) is 1.98. The summed E-state index contributed by atoms with van der Waals surface area (Å²) in [5.41, 5.74) is 0.735. The quantitative estimate of drug-likeness (QED) is 0.889. The van der Waals surface area contributed by atoms with Gasteiger partial charge in [0.15, 0.2) is 0 Å². The van der Waals surface area contributed by atoms with Gasteiger partial charge in [-0.15, -0.1) is 11.3 Å². The van der Waals surface area contributed by atoms with Gasteiger partial charge in [0.05, 0.1) is 4.88 Å². The smallest absolute Gasteiger partial charge is 0.261 e. The molecule has 2 nitrogen and oxygen atoms in total. The van der Waals surface area contributed by atoms with Gasteiger partial charge in [-0.3, -0.25) is 4.79 Å². The minimum absolute atomic E-state index is 0.0981. The van der Waals surface area contributed by atoms with Crippen molar-refractivity contribution >= 4 is 27.3 Å². The van der Waals surface area contributed by atoms with Gasteiger partial charge in [0.2, 0.25) is 0 Å². The summed E-state index contributed by atoms with van der Waals surface area (Å²) in [7, 11) is 0. The number of amides is 1. The van der Waals surface area contributed by atoms with Gasteiger partial charge in [-0.2, -0.15) is 0 Å². The lowest BCUT2D eigenvalue weighted by Gasteiger charge is -2.12. The summed E-state index contributed by atoms with van der Waals surface area (Å²) >= 11 is 1.35. The van der Waals surface area contributed by atoms with E-state index >= 15 is 0 Å². The van der Waals surface area contributed by atoms with Crippen molar-refractivity contribution in [1.82, 2.24) is 5.32 Å². The average Bonchev–Trinajstić information content (AvgIpc) is 2.68. The Bertz CT molecular complexity index is 605. The fraction of sp³-hybridized carbons (Fsp3) is 0.400. The highest BCUT2D eigenvalue weighted by atomic mass is 32.1. The van der Waals surface area contributed by atoms with E-state index in [2.05, 4.69) is 12.2 Å². The second-order valence-electron chi connectivity index (χ2n) is 4.83. The summed E-state index contributed by atoms with van der Waals surface area (Å²) in [5, 5.41) is 3.54. The monoisotopic (exact) mass is 279 g/mol. The lowest BCUT2D eigenvalue weighted by atomic mass is 10.1. The Labute approximate surface area is 116 Å². The van der Waals surface area contributed by atoms with Crippen LogP contribution < -0.4 is 5.32 Å². The molecule has 1 N–H and O–H groups in total. The molecule has 2 aromatic rings. The summed E-state index contributed by atoms with van der Waals surface area (Å²) in [6, 6.07) is 5.10. The molecule has 4 heteroatoms. The number of nitrogens with one attached hydrogen (secondary N) is 1. The maximum Gasteiger partial charge on any atom is 0.261 e. The molecule has 0 spiro atoms. The molecule has 19 heavy (non-hydrogen) atoms. The van der Waals surface area contributed by atoms with Crippen molar-refractivity contribution in [1.29, 1.82) is 0 Å². The number of aryl methyl sites for hydroxylation is 1. The number of hydrogen-bond donors (Lipinski definition) is 1. The van der Waals surface area contributed by atoms with E-state index in [0.717, 1.165) is 23.1 Å². The summed E-state index contributed by atoms with van der Waals surface area (Å²) in [4.78, 5) is 12.8. The maximum absolute atomic E-state index is 13.8. The first-order valence-corrected chi connectivity index (χ1v) is 7.34. The van der Waals surface area contributed by atoms with Crippen molar-refractivity contribution in [2.75, 3.05) is 0 Å². The lowest BCUT2D eigenvalue weighted by molar-refractivity contribution is 0.0942. The topological polar surface area (TPSA) is 29.1 Å². The van der Waals surface area contributed by atoms with Crippen molar-refractivity contribution in [3.05, 3.63) is 34.5 Å². The number of benzene rings is 1. The van der Waals surface area contributed by atoms with E-state index in [0.29, 0.717) is 10.3 Å². The van der Waals surface area contributed by atoms with Gasteiger partial charge in [-0.25, -0.2) is 4.39 Å². The SMILES string of the molecule is CCCC(C)NC(=O)c1sc2cccc(F)c2c1C. The first-order chi connectivity index (χ1) is 9.04. The van der Waals surface area contributed by atoms with Crippen molar-refractivity contribution < 1.29 is 9.18 Å². The number of rotatable bonds is 4. The zero-order valence-corrected chi connectivity index (χ0v) is 12.2. The van der Waals surface area contributed by atoms with Gasteiger partial charge in [-0.1, -0.05) is 19.4 Å². The Hall–Kier alpha value is -1.42. The fourth-order valence-electron chi connectivity index (χ4n) is 2.26. The van der Waals surface area contributed by atoms with Gasteiger partial charge < -0.3 is 5.32 Å². The third-order valence-corrected chi connectivity index (χ3v) is 4.46. The average molecular weight is 279 g/mol. The molecule has 1 atom stereocenters.